The van der Waals surface area contributed by atoms with Crippen molar-refractivity contribution in [2.75, 3.05) is 20.3 Å². The maximum atomic E-state index is 9.10. The molecular weight excluding hydrogens is 338 g/mol. The van der Waals surface area contributed by atoms with E-state index in [4.69, 9.17) is 29.3 Å². The predicted molar refractivity (Wildman–Crippen MR) is 101 cm³/mol. The van der Waals surface area contributed by atoms with Crippen LogP contribution in [-0.4, -0.2) is 48.5 Å². The molecule has 0 bridgehead atoms. The second kappa shape index (κ2) is 13.7. The number of hydrogen-bond acceptors (Lipinski definition) is 5. The molecular formula is C19H29NO6. The van der Waals surface area contributed by atoms with Gasteiger partial charge in [-0.25, -0.2) is 9.59 Å². The van der Waals surface area contributed by atoms with E-state index in [2.05, 4.69) is 19.2 Å². The Morgan fingerprint density at radius 3 is 2.38 bits per heavy atom. The van der Waals surface area contributed by atoms with Crippen LogP contribution < -0.4 is 14.8 Å². The van der Waals surface area contributed by atoms with Crippen molar-refractivity contribution in [3.8, 4) is 11.5 Å². The van der Waals surface area contributed by atoms with Crippen LogP contribution in [0.3, 0.4) is 0 Å². The molecule has 0 aromatic heterocycles. The summed E-state index contributed by atoms with van der Waals surface area (Å²) in [6.07, 6.45) is 6.20. The number of methoxy groups -OCH3 is 1. The molecule has 26 heavy (non-hydrogen) atoms. The summed E-state index contributed by atoms with van der Waals surface area (Å²) in [5, 5.41) is 18.2. The Bertz CT molecular complexity index is 573. The summed E-state index contributed by atoms with van der Waals surface area (Å²) in [5.41, 5.74) is 1.12. The molecule has 1 rings (SSSR count). The fourth-order valence-corrected chi connectivity index (χ4v) is 1.85. The number of carboxylic acid groups (broad SMARTS) is 2. The molecule has 0 spiro atoms. The Labute approximate surface area is 154 Å². The van der Waals surface area contributed by atoms with Crippen molar-refractivity contribution >= 4 is 18.0 Å². The van der Waals surface area contributed by atoms with E-state index in [1.807, 2.05) is 37.3 Å². The number of hydrogen-bond donors (Lipinski definition) is 3. The quantitative estimate of drug-likeness (QED) is 0.455. The van der Waals surface area contributed by atoms with Gasteiger partial charge >= 0.3 is 11.9 Å². The van der Waals surface area contributed by atoms with Gasteiger partial charge in [0.05, 0.1) is 13.7 Å². The summed E-state index contributed by atoms with van der Waals surface area (Å²) in [6.45, 7) is 8.06. The summed E-state index contributed by atoms with van der Waals surface area (Å²) >= 11 is 0. The number of aliphatic carboxylic acids is 2. The Kier molecular flexibility index (Phi) is 12.4. The van der Waals surface area contributed by atoms with Gasteiger partial charge in [0.2, 0.25) is 0 Å². The SMILES string of the molecule is C/C=C\c1ccc(OCCCNC(C)CC)c(OC)c1.O=C(O)C(=O)O. The third-order valence-corrected chi connectivity index (χ3v) is 3.41. The third kappa shape index (κ3) is 10.4. The minimum absolute atomic E-state index is 0.574. The standard InChI is InChI=1S/C17H27NO2.C2H2O4/c1-5-8-15-9-10-16(17(13-15)19-4)20-12-7-11-18-14(3)6-2;3-1(4)2(5)6/h5,8-10,13-14,18H,6-7,11-12H2,1-4H3;(H,3,4)(H,5,6)/b8-5-;. The number of nitrogens with one attached hydrogen (secondary N) is 1. The fraction of sp³-hybridized carbons (Fsp3) is 0.474. The molecule has 0 fully saturated rings. The minimum atomic E-state index is -1.82. The van der Waals surface area contributed by atoms with Crippen molar-refractivity contribution in [1.82, 2.24) is 5.32 Å². The zero-order chi connectivity index (χ0) is 19.9. The number of ether oxygens (including phenoxy) is 2. The van der Waals surface area contributed by atoms with Crippen LogP contribution in [0.5, 0.6) is 11.5 Å². The van der Waals surface area contributed by atoms with Crippen molar-refractivity contribution in [3.05, 3.63) is 29.8 Å². The normalized spacial score (nSPS) is 11.4. The maximum absolute atomic E-state index is 9.10. The molecule has 1 atom stereocenters. The first-order valence-electron chi connectivity index (χ1n) is 8.48. The van der Waals surface area contributed by atoms with Gasteiger partial charge in [0, 0.05) is 6.04 Å². The molecule has 0 amide bonds. The van der Waals surface area contributed by atoms with Crippen LogP contribution in [0.25, 0.3) is 6.08 Å². The molecule has 1 unspecified atom stereocenters. The number of rotatable bonds is 9. The number of carboxylic acids is 2. The highest BCUT2D eigenvalue weighted by atomic mass is 16.5. The molecule has 7 heteroatoms. The van der Waals surface area contributed by atoms with Crippen LogP contribution in [0.4, 0.5) is 0 Å². The van der Waals surface area contributed by atoms with Gasteiger partial charge in [-0.2, -0.15) is 0 Å². The van der Waals surface area contributed by atoms with Crippen molar-refractivity contribution in [1.29, 1.82) is 0 Å². The zero-order valence-corrected chi connectivity index (χ0v) is 15.8. The van der Waals surface area contributed by atoms with Gasteiger partial charge in [-0.3, -0.25) is 0 Å². The van der Waals surface area contributed by atoms with Crippen LogP contribution >= 0.6 is 0 Å². The van der Waals surface area contributed by atoms with Crippen molar-refractivity contribution in [2.24, 2.45) is 0 Å². The van der Waals surface area contributed by atoms with Crippen LogP contribution in [0, 0.1) is 0 Å². The lowest BCUT2D eigenvalue weighted by Gasteiger charge is -2.13. The van der Waals surface area contributed by atoms with Crippen LogP contribution in [-0.2, 0) is 9.59 Å². The first-order valence-corrected chi connectivity index (χ1v) is 8.48. The van der Waals surface area contributed by atoms with Gasteiger partial charge in [0.1, 0.15) is 0 Å². The third-order valence-electron chi connectivity index (χ3n) is 3.41. The lowest BCUT2D eigenvalue weighted by Crippen LogP contribution is -2.27. The first-order chi connectivity index (χ1) is 12.3. The van der Waals surface area contributed by atoms with E-state index in [1.54, 1.807) is 7.11 Å². The van der Waals surface area contributed by atoms with Crippen molar-refractivity contribution < 1.29 is 29.3 Å². The average Bonchev–Trinajstić information content (AvgIpc) is 2.62. The Morgan fingerprint density at radius 1 is 1.23 bits per heavy atom. The second-order valence-electron chi connectivity index (χ2n) is 5.49. The summed E-state index contributed by atoms with van der Waals surface area (Å²) in [6, 6.07) is 6.57. The monoisotopic (exact) mass is 367 g/mol. The van der Waals surface area contributed by atoms with E-state index in [-0.39, 0.29) is 0 Å². The summed E-state index contributed by atoms with van der Waals surface area (Å²) in [4.78, 5) is 18.2. The zero-order valence-electron chi connectivity index (χ0n) is 15.8. The highest BCUT2D eigenvalue weighted by molar-refractivity contribution is 6.27. The van der Waals surface area contributed by atoms with Crippen molar-refractivity contribution in [3.63, 3.8) is 0 Å². The largest absolute Gasteiger partial charge is 0.493 e. The van der Waals surface area contributed by atoms with E-state index < -0.39 is 11.9 Å². The van der Waals surface area contributed by atoms with Gasteiger partial charge in [0.15, 0.2) is 11.5 Å². The van der Waals surface area contributed by atoms with E-state index >= 15 is 0 Å². The molecule has 0 saturated heterocycles. The fourth-order valence-electron chi connectivity index (χ4n) is 1.85. The average molecular weight is 367 g/mol. The van der Waals surface area contributed by atoms with Crippen LogP contribution in [0.15, 0.2) is 24.3 Å². The second-order valence-corrected chi connectivity index (χ2v) is 5.49. The highest BCUT2D eigenvalue weighted by Gasteiger charge is 2.05. The molecule has 0 radical (unpaired) electrons. The molecule has 0 aliphatic heterocycles. The molecule has 0 heterocycles. The van der Waals surface area contributed by atoms with E-state index in [0.717, 1.165) is 36.4 Å². The first kappa shape index (κ1) is 23.5. The van der Waals surface area contributed by atoms with Gasteiger partial charge in [-0.15, -0.1) is 0 Å². The van der Waals surface area contributed by atoms with Crippen LogP contribution in [0.2, 0.25) is 0 Å². The maximum Gasteiger partial charge on any atom is 0.414 e. The lowest BCUT2D eigenvalue weighted by molar-refractivity contribution is -0.159. The topological polar surface area (TPSA) is 105 Å². The molecule has 1 aromatic rings. The lowest BCUT2D eigenvalue weighted by atomic mass is 10.2. The van der Waals surface area contributed by atoms with Gasteiger partial charge < -0.3 is 25.0 Å². The Hall–Kier alpha value is -2.54. The van der Waals surface area contributed by atoms with Gasteiger partial charge in [-0.05, 0) is 50.9 Å². The Balaban J connectivity index is 0.000000896. The summed E-state index contributed by atoms with van der Waals surface area (Å²) in [7, 11) is 1.67. The van der Waals surface area contributed by atoms with E-state index in [9.17, 15) is 0 Å². The smallest absolute Gasteiger partial charge is 0.414 e. The summed E-state index contributed by atoms with van der Waals surface area (Å²) in [5.74, 6) is -2.05. The van der Waals surface area contributed by atoms with Gasteiger partial charge in [-0.1, -0.05) is 25.1 Å². The highest BCUT2D eigenvalue weighted by Crippen LogP contribution is 2.28. The summed E-state index contributed by atoms with van der Waals surface area (Å²) < 4.78 is 11.2. The van der Waals surface area contributed by atoms with Crippen molar-refractivity contribution in [2.45, 2.75) is 39.7 Å². The molecule has 146 valence electrons. The number of allylic oxidation sites excluding steroid dienone is 1. The molecule has 7 nitrogen and oxygen atoms in total. The molecule has 3 N–H and O–H groups in total. The number of benzene rings is 1. The predicted octanol–water partition coefficient (Wildman–Crippen LogP) is 3.04. The van der Waals surface area contributed by atoms with Gasteiger partial charge in [0.25, 0.3) is 0 Å². The molecule has 1 aromatic carbocycles. The van der Waals surface area contributed by atoms with E-state index in [0.29, 0.717) is 12.6 Å². The van der Waals surface area contributed by atoms with Crippen LogP contribution in [0.1, 0.15) is 39.2 Å². The Morgan fingerprint density at radius 2 is 1.88 bits per heavy atom. The number of carbonyl (C=O) groups is 2. The minimum Gasteiger partial charge on any atom is -0.493 e. The molecule has 0 aliphatic rings. The molecule has 0 aliphatic carbocycles. The van der Waals surface area contributed by atoms with E-state index in [1.165, 1.54) is 0 Å². The molecule has 0 saturated carbocycles.